The van der Waals surface area contributed by atoms with E-state index in [1.54, 1.807) is 30.3 Å². The number of thioether (sulfide) groups is 1. The van der Waals surface area contributed by atoms with Gasteiger partial charge >= 0.3 is 0 Å². The standard InChI is InChI=1S/C16H10ClFN2OS/c17-12-3-1-2-4-13(12)19-16-20-15(21)14(22-16)9-10-5-7-11(18)8-6-10/h1-9H,(H,19,20,21)/b14-9-. The summed E-state index contributed by atoms with van der Waals surface area (Å²) >= 11 is 7.26. The van der Waals surface area contributed by atoms with Gasteiger partial charge in [-0.05, 0) is 47.7 Å². The van der Waals surface area contributed by atoms with E-state index in [0.29, 0.717) is 20.8 Å². The van der Waals surface area contributed by atoms with E-state index < -0.39 is 0 Å². The number of carbonyl (C=O) groups is 1. The fourth-order valence-electron chi connectivity index (χ4n) is 1.84. The smallest absolute Gasteiger partial charge is 0.264 e. The minimum Gasteiger partial charge on any atom is -0.300 e. The van der Waals surface area contributed by atoms with Crippen molar-refractivity contribution in [2.24, 2.45) is 4.99 Å². The average Bonchev–Trinajstić information content (AvgIpc) is 2.84. The highest BCUT2D eigenvalue weighted by atomic mass is 35.5. The Morgan fingerprint density at radius 3 is 2.59 bits per heavy atom. The van der Waals surface area contributed by atoms with Crippen LogP contribution in [0.4, 0.5) is 10.1 Å². The number of hydrogen-bond acceptors (Lipinski definition) is 3. The Labute approximate surface area is 135 Å². The third kappa shape index (κ3) is 3.37. The lowest BCUT2D eigenvalue weighted by molar-refractivity contribution is -0.115. The molecule has 1 fully saturated rings. The van der Waals surface area contributed by atoms with Crippen LogP contribution in [0.3, 0.4) is 0 Å². The van der Waals surface area contributed by atoms with Crippen molar-refractivity contribution in [2.75, 3.05) is 0 Å². The minimum atomic E-state index is -0.313. The largest absolute Gasteiger partial charge is 0.300 e. The van der Waals surface area contributed by atoms with Crippen molar-refractivity contribution < 1.29 is 9.18 Å². The molecular weight excluding hydrogens is 323 g/mol. The van der Waals surface area contributed by atoms with Crippen molar-refractivity contribution in [1.29, 1.82) is 0 Å². The zero-order valence-electron chi connectivity index (χ0n) is 11.2. The van der Waals surface area contributed by atoms with Gasteiger partial charge in [0, 0.05) is 0 Å². The molecule has 0 bridgehead atoms. The third-order valence-electron chi connectivity index (χ3n) is 2.89. The van der Waals surface area contributed by atoms with Gasteiger partial charge in [-0.25, -0.2) is 9.38 Å². The SMILES string of the molecule is O=C1NC(=Nc2ccccc2Cl)S/C1=C\c1ccc(F)cc1. The Balaban J connectivity index is 1.84. The van der Waals surface area contributed by atoms with E-state index in [1.807, 2.05) is 12.1 Å². The molecule has 1 saturated heterocycles. The molecule has 22 heavy (non-hydrogen) atoms. The van der Waals surface area contributed by atoms with E-state index in [2.05, 4.69) is 10.3 Å². The number of aliphatic imine (C=N–C) groups is 1. The number of halogens is 2. The number of benzene rings is 2. The second-order valence-corrected chi connectivity index (χ2v) is 5.92. The Hall–Kier alpha value is -2.11. The second-order valence-electron chi connectivity index (χ2n) is 4.48. The van der Waals surface area contributed by atoms with Crippen LogP contribution < -0.4 is 5.32 Å². The lowest BCUT2D eigenvalue weighted by atomic mass is 10.2. The van der Waals surface area contributed by atoms with Crippen molar-refractivity contribution in [2.45, 2.75) is 0 Å². The van der Waals surface area contributed by atoms with Gasteiger partial charge < -0.3 is 5.32 Å². The molecule has 0 aliphatic carbocycles. The third-order valence-corrected chi connectivity index (χ3v) is 4.12. The maximum absolute atomic E-state index is 12.9. The molecule has 0 atom stereocenters. The lowest BCUT2D eigenvalue weighted by Gasteiger charge is -1.98. The molecule has 0 aromatic heterocycles. The molecule has 6 heteroatoms. The number of para-hydroxylation sites is 1. The summed E-state index contributed by atoms with van der Waals surface area (Å²) in [6.45, 7) is 0. The van der Waals surface area contributed by atoms with Crippen molar-refractivity contribution in [1.82, 2.24) is 5.32 Å². The molecule has 0 unspecified atom stereocenters. The van der Waals surface area contributed by atoms with Crippen molar-refractivity contribution in [3.8, 4) is 0 Å². The van der Waals surface area contributed by atoms with Crippen LogP contribution in [0.2, 0.25) is 5.02 Å². The summed E-state index contributed by atoms with van der Waals surface area (Å²) in [7, 11) is 0. The monoisotopic (exact) mass is 332 g/mol. The van der Waals surface area contributed by atoms with E-state index in [-0.39, 0.29) is 11.7 Å². The van der Waals surface area contributed by atoms with Crippen LogP contribution in [0.15, 0.2) is 58.4 Å². The Morgan fingerprint density at radius 1 is 1.14 bits per heavy atom. The molecule has 3 nitrogen and oxygen atoms in total. The van der Waals surface area contributed by atoms with Gasteiger partial charge in [-0.3, -0.25) is 4.79 Å². The summed E-state index contributed by atoms with van der Waals surface area (Å²) in [6.07, 6.45) is 1.69. The zero-order valence-corrected chi connectivity index (χ0v) is 12.8. The topological polar surface area (TPSA) is 41.5 Å². The highest BCUT2D eigenvalue weighted by Gasteiger charge is 2.23. The molecular formula is C16H10ClFN2OS. The zero-order chi connectivity index (χ0) is 15.5. The molecule has 1 aliphatic rings. The number of rotatable bonds is 2. The van der Waals surface area contributed by atoms with Gasteiger partial charge in [0.1, 0.15) is 5.82 Å². The van der Waals surface area contributed by atoms with Crippen LogP contribution in [-0.4, -0.2) is 11.1 Å². The number of nitrogens with one attached hydrogen (secondary N) is 1. The molecule has 1 N–H and O–H groups in total. The van der Waals surface area contributed by atoms with Crippen molar-refractivity contribution in [3.05, 3.63) is 69.8 Å². The van der Waals surface area contributed by atoms with Crippen molar-refractivity contribution >= 4 is 46.2 Å². The Kier molecular flexibility index (Phi) is 4.27. The molecule has 2 aromatic rings. The van der Waals surface area contributed by atoms with E-state index in [1.165, 1.54) is 23.9 Å². The van der Waals surface area contributed by atoms with Gasteiger partial charge in [0.05, 0.1) is 15.6 Å². The van der Waals surface area contributed by atoms with Crippen LogP contribution in [0.1, 0.15) is 5.56 Å². The quantitative estimate of drug-likeness (QED) is 0.830. The molecule has 1 amide bonds. The van der Waals surface area contributed by atoms with Crippen molar-refractivity contribution in [3.63, 3.8) is 0 Å². The Morgan fingerprint density at radius 2 is 1.86 bits per heavy atom. The first-order valence-corrected chi connectivity index (χ1v) is 7.61. The van der Waals surface area contributed by atoms with Gasteiger partial charge in [-0.15, -0.1) is 0 Å². The molecule has 1 aliphatic heterocycles. The molecule has 2 aromatic carbocycles. The number of nitrogens with zero attached hydrogens (tertiary/aromatic N) is 1. The summed E-state index contributed by atoms with van der Waals surface area (Å²) in [5, 5.41) is 3.66. The van der Waals surface area contributed by atoms with E-state index >= 15 is 0 Å². The van der Waals surface area contributed by atoms with Gasteiger partial charge in [0.15, 0.2) is 5.17 Å². The van der Waals surface area contributed by atoms with E-state index in [0.717, 1.165) is 5.56 Å². The molecule has 0 radical (unpaired) electrons. The summed E-state index contributed by atoms with van der Waals surface area (Å²) in [4.78, 5) is 16.8. The predicted octanol–water partition coefficient (Wildman–Crippen LogP) is 4.37. The molecule has 1 heterocycles. The highest BCUT2D eigenvalue weighted by Crippen LogP contribution is 2.30. The predicted molar refractivity (Wildman–Crippen MR) is 88.7 cm³/mol. The summed E-state index contributed by atoms with van der Waals surface area (Å²) < 4.78 is 12.9. The minimum absolute atomic E-state index is 0.236. The van der Waals surface area contributed by atoms with Gasteiger partial charge in [0.2, 0.25) is 0 Å². The number of carbonyl (C=O) groups excluding carboxylic acids is 1. The van der Waals surface area contributed by atoms with Gasteiger partial charge in [0.25, 0.3) is 5.91 Å². The summed E-state index contributed by atoms with van der Waals surface area (Å²) in [6, 6.07) is 13.1. The van der Waals surface area contributed by atoms with E-state index in [4.69, 9.17) is 11.6 Å². The second kappa shape index (κ2) is 6.34. The maximum Gasteiger partial charge on any atom is 0.264 e. The van der Waals surface area contributed by atoms with Crippen LogP contribution in [0.25, 0.3) is 6.08 Å². The number of amidine groups is 1. The fourth-order valence-corrected chi connectivity index (χ4v) is 2.86. The van der Waals surface area contributed by atoms with Gasteiger partial charge in [-0.2, -0.15) is 0 Å². The number of hydrogen-bond donors (Lipinski definition) is 1. The van der Waals surface area contributed by atoms with Crippen LogP contribution in [0.5, 0.6) is 0 Å². The maximum atomic E-state index is 12.9. The average molecular weight is 333 g/mol. The molecule has 0 spiro atoms. The lowest BCUT2D eigenvalue weighted by Crippen LogP contribution is -2.19. The molecule has 3 rings (SSSR count). The van der Waals surface area contributed by atoms with Crippen LogP contribution >= 0.6 is 23.4 Å². The normalized spacial score (nSPS) is 18.0. The first kappa shape index (κ1) is 14.8. The first-order valence-electron chi connectivity index (χ1n) is 6.41. The first-order chi connectivity index (χ1) is 10.6. The highest BCUT2D eigenvalue weighted by molar-refractivity contribution is 8.18. The van der Waals surface area contributed by atoms with Gasteiger partial charge in [-0.1, -0.05) is 35.9 Å². The molecule has 110 valence electrons. The van der Waals surface area contributed by atoms with Crippen LogP contribution in [-0.2, 0) is 4.79 Å². The van der Waals surface area contributed by atoms with Crippen LogP contribution in [0, 0.1) is 5.82 Å². The summed E-state index contributed by atoms with van der Waals surface area (Å²) in [5.74, 6) is -0.549. The number of amides is 1. The molecule has 0 saturated carbocycles. The Bertz CT molecular complexity index is 787. The summed E-state index contributed by atoms with van der Waals surface area (Å²) in [5.41, 5.74) is 1.34. The fraction of sp³-hybridized carbons (Fsp3) is 0. The van der Waals surface area contributed by atoms with E-state index in [9.17, 15) is 9.18 Å².